The first-order valence-corrected chi connectivity index (χ1v) is 9.10. The van der Waals surface area contributed by atoms with Gasteiger partial charge in [-0.1, -0.05) is 42.5 Å². The van der Waals surface area contributed by atoms with E-state index in [9.17, 15) is 4.79 Å². The minimum absolute atomic E-state index is 0.153. The Morgan fingerprint density at radius 2 is 1.96 bits per heavy atom. The van der Waals surface area contributed by atoms with Gasteiger partial charge in [0.15, 0.2) is 0 Å². The van der Waals surface area contributed by atoms with Crippen LogP contribution in [0, 0.1) is 6.92 Å². The van der Waals surface area contributed by atoms with E-state index in [2.05, 4.69) is 43.8 Å². The molecule has 0 saturated carbocycles. The molecule has 1 amide bonds. The van der Waals surface area contributed by atoms with Gasteiger partial charge in [0.05, 0.1) is 5.69 Å². The largest absolute Gasteiger partial charge is 0.357 e. The summed E-state index contributed by atoms with van der Waals surface area (Å²) >= 11 is 0. The molecule has 2 heterocycles. The molecule has 0 spiro atoms. The number of aromatic nitrogens is 3. The zero-order chi connectivity index (χ0) is 19.5. The molecule has 0 aliphatic carbocycles. The molecular weight excluding hydrogens is 350 g/mol. The number of nitrogens with zero attached hydrogens (tertiary/aromatic N) is 2. The van der Waals surface area contributed by atoms with Crippen molar-refractivity contribution >= 4 is 22.6 Å². The number of benzene rings is 2. The highest BCUT2D eigenvalue weighted by molar-refractivity contribution is 5.94. The van der Waals surface area contributed by atoms with E-state index in [1.165, 1.54) is 0 Å². The summed E-state index contributed by atoms with van der Waals surface area (Å²) in [5.41, 5.74) is 4.18. The molecule has 28 heavy (non-hydrogen) atoms. The van der Waals surface area contributed by atoms with Crippen molar-refractivity contribution in [2.24, 2.45) is 0 Å². The molecular formula is C22H21N5O. The predicted octanol–water partition coefficient (Wildman–Crippen LogP) is 3.91. The van der Waals surface area contributed by atoms with Crippen LogP contribution in [-0.4, -0.2) is 27.9 Å². The Kier molecular flexibility index (Phi) is 4.76. The van der Waals surface area contributed by atoms with Crippen LogP contribution in [-0.2, 0) is 6.54 Å². The van der Waals surface area contributed by atoms with Gasteiger partial charge >= 0.3 is 0 Å². The van der Waals surface area contributed by atoms with Crippen LogP contribution in [0.5, 0.6) is 0 Å². The van der Waals surface area contributed by atoms with E-state index in [-0.39, 0.29) is 5.91 Å². The average molecular weight is 371 g/mol. The lowest BCUT2D eigenvalue weighted by Gasteiger charge is -2.08. The second kappa shape index (κ2) is 7.52. The number of H-pyrrole nitrogens is 1. The van der Waals surface area contributed by atoms with Gasteiger partial charge in [0, 0.05) is 31.5 Å². The van der Waals surface area contributed by atoms with E-state index in [0.717, 1.165) is 33.2 Å². The van der Waals surface area contributed by atoms with E-state index < -0.39 is 0 Å². The SMILES string of the molecule is CNc1ncc(C)c(-c2c[nH]c(C(=O)NCc3cccc4ccccc34)c2)n1. The molecule has 3 N–H and O–H groups in total. The van der Waals surface area contributed by atoms with E-state index in [1.807, 2.05) is 37.3 Å². The van der Waals surface area contributed by atoms with Crippen LogP contribution in [0.3, 0.4) is 0 Å². The number of carbonyl (C=O) groups is 1. The summed E-state index contributed by atoms with van der Waals surface area (Å²) in [5.74, 6) is 0.392. The van der Waals surface area contributed by atoms with Crippen molar-refractivity contribution in [2.45, 2.75) is 13.5 Å². The second-order valence-electron chi connectivity index (χ2n) is 6.60. The van der Waals surface area contributed by atoms with Crippen molar-refractivity contribution in [3.05, 3.63) is 77.7 Å². The fourth-order valence-corrected chi connectivity index (χ4v) is 3.23. The second-order valence-corrected chi connectivity index (χ2v) is 6.60. The van der Waals surface area contributed by atoms with Crippen LogP contribution in [0.2, 0.25) is 0 Å². The van der Waals surface area contributed by atoms with Crippen LogP contribution in [0.4, 0.5) is 5.95 Å². The number of nitrogens with one attached hydrogen (secondary N) is 3. The Morgan fingerprint density at radius 3 is 2.82 bits per heavy atom. The Morgan fingerprint density at radius 1 is 1.14 bits per heavy atom. The van der Waals surface area contributed by atoms with Crippen molar-refractivity contribution < 1.29 is 4.79 Å². The molecule has 0 unspecified atom stereocenters. The van der Waals surface area contributed by atoms with E-state index in [4.69, 9.17) is 0 Å². The molecule has 4 aromatic rings. The van der Waals surface area contributed by atoms with Crippen molar-refractivity contribution in [2.75, 3.05) is 12.4 Å². The number of anilines is 1. The van der Waals surface area contributed by atoms with E-state index in [0.29, 0.717) is 18.2 Å². The molecule has 0 bridgehead atoms. The number of hydrogen-bond acceptors (Lipinski definition) is 4. The Bertz CT molecular complexity index is 1140. The summed E-state index contributed by atoms with van der Waals surface area (Å²) in [5, 5.41) is 8.24. The summed E-state index contributed by atoms with van der Waals surface area (Å²) in [6.45, 7) is 2.41. The molecule has 0 atom stereocenters. The molecule has 2 aromatic carbocycles. The minimum atomic E-state index is -0.153. The molecule has 0 aliphatic rings. The van der Waals surface area contributed by atoms with Gasteiger partial charge in [-0.3, -0.25) is 4.79 Å². The first kappa shape index (κ1) is 17.7. The standard InChI is InChI=1S/C22H21N5O/c1-14-11-26-22(23-2)27-20(14)17-10-19(24-13-17)21(28)25-12-16-8-5-7-15-6-3-4-9-18(15)16/h3-11,13,24H,12H2,1-2H3,(H,25,28)(H,23,26,27). The highest BCUT2D eigenvalue weighted by Crippen LogP contribution is 2.23. The Balaban J connectivity index is 1.52. The van der Waals surface area contributed by atoms with Crippen LogP contribution >= 0.6 is 0 Å². The number of fused-ring (bicyclic) bond motifs is 1. The van der Waals surface area contributed by atoms with Gasteiger partial charge in [0.1, 0.15) is 5.69 Å². The van der Waals surface area contributed by atoms with Gasteiger partial charge in [0.25, 0.3) is 5.91 Å². The maximum Gasteiger partial charge on any atom is 0.267 e. The lowest BCUT2D eigenvalue weighted by Crippen LogP contribution is -2.23. The van der Waals surface area contributed by atoms with Crippen molar-refractivity contribution in [1.29, 1.82) is 0 Å². The fourth-order valence-electron chi connectivity index (χ4n) is 3.23. The zero-order valence-corrected chi connectivity index (χ0v) is 15.8. The Labute approximate surface area is 163 Å². The maximum atomic E-state index is 12.6. The third kappa shape index (κ3) is 3.44. The number of rotatable bonds is 5. The number of aromatic amines is 1. The molecule has 140 valence electrons. The molecule has 0 aliphatic heterocycles. The minimum Gasteiger partial charge on any atom is -0.357 e. The molecule has 6 nitrogen and oxygen atoms in total. The molecule has 0 saturated heterocycles. The number of aryl methyl sites for hydroxylation is 1. The quantitative estimate of drug-likeness (QED) is 0.497. The Hall–Kier alpha value is -3.67. The molecule has 6 heteroatoms. The normalized spacial score (nSPS) is 10.8. The number of carbonyl (C=O) groups excluding carboxylic acids is 1. The van der Waals surface area contributed by atoms with Crippen LogP contribution in [0.25, 0.3) is 22.0 Å². The fraction of sp³-hybridized carbons (Fsp3) is 0.136. The lowest BCUT2D eigenvalue weighted by molar-refractivity contribution is 0.0946. The molecule has 0 fully saturated rings. The third-order valence-corrected chi connectivity index (χ3v) is 4.72. The van der Waals surface area contributed by atoms with Gasteiger partial charge < -0.3 is 15.6 Å². The van der Waals surface area contributed by atoms with Crippen molar-refractivity contribution in [3.8, 4) is 11.3 Å². The van der Waals surface area contributed by atoms with Crippen LogP contribution in [0.1, 0.15) is 21.6 Å². The topological polar surface area (TPSA) is 82.7 Å². The summed E-state index contributed by atoms with van der Waals surface area (Å²) < 4.78 is 0. The summed E-state index contributed by atoms with van der Waals surface area (Å²) in [4.78, 5) is 24.4. The number of hydrogen-bond donors (Lipinski definition) is 3. The average Bonchev–Trinajstić information content (AvgIpc) is 3.22. The van der Waals surface area contributed by atoms with Gasteiger partial charge in [-0.05, 0) is 34.9 Å². The smallest absolute Gasteiger partial charge is 0.267 e. The zero-order valence-electron chi connectivity index (χ0n) is 15.8. The molecule has 2 aromatic heterocycles. The van der Waals surface area contributed by atoms with Gasteiger partial charge in [-0.2, -0.15) is 0 Å². The first-order valence-electron chi connectivity index (χ1n) is 9.10. The van der Waals surface area contributed by atoms with Crippen molar-refractivity contribution in [1.82, 2.24) is 20.3 Å². The van der Waals surface area contributed by atoms with Gasteiger partial charge in [0.2, 0.25) is 5.95 Å². The summed E-state index contributed by atoms with van der Waals surface area (Å²) in [6, 6.07) is 16.1. The number of amides is 1. The first-order chi connectivity index (χ1) is 13.7. The van der Waals surface area contributed by atoms with Crippen LogP contribution < -0.4 is 10.6 Å². The van der Waals surface area contributed by atoms with Crippen molar-refractivity contribution in [3.63, 3.8) is 0 Å². The highest BCUT2D eigenvalue weighted by Gasteiger charge is 2.13. The highest BCUT2D eigenvalue weighted by atomic mass is 16.1. The van der Waals surface area contributed by atoms with E-state index >= 15 is 0 Å². The van der Waals surface area contributed by atoms with Crippen LogP contribution in [0.15, 0.2) is 60.9 Å². The van der Waals surface area contributed by atoms with E-state index in [1.54, 1.807) is 19.4 Å². The molecule has 4 rings (SSSR count). The third-order valence-electron chi connectivity index (χ3n) is 4.72. The van der Waals surface area contributed by atoms with Gasteiger partial charge in [-0.25, -0.2) is 9.97 Å². The maximum absolute atomic E-state index is 12.6. The predicted molar refractivity (Wildman–Crippen MR) is 111 cm³/mol. The summed E-state index contributed by atoms with van der Waals surface area (Å²) in [6.07, 6.45) is 3.56. The molecule has 0 radical (unpaired) electrons. The monoisotopic (exact) mass is 371 g/mol. The summed E-state index contributed by atoms with van der Waals surface area (Å²) in [7, 11) is 1.78. The van der Waals surface area contributed by atoms with Gasteiger partial charge in [-0.15, -0.1) is 0 Å². The lowest BCUT2D eigenvalue weighted by atomic mass is 10.0.